The van der Waals surface area contributed by atoms with Crippen molar-refractivity contribution in [3.63, 3.8) is 0 Å². The number of aryl methyl sites for hydroxylation is 1. The molecule has 0 aliphatic carbocycles. The minimum Gasteiger partial charge on any atom is -0.384 e. The van der Waals surface area contributed by atoms with Crippen LogP contribution in [-0.2, 0) is 17.9 Å². The lowest BCUT2D eigenvalue weighted by Gasteiger charge is -2.31. The van der Waals surface area contributed by atoms with E-state index >= 15 is 0 Å². The summed E-state index contributed by atoms with van der Waals surface area (Å²) in [5.74, 6) is 1.90. The van der Waals surface area contributed by atoms with Gasteiger partial charge in [-0.1, -0.05) is 16.8 Å². The number of nitrogens with two attached hydrogens (primary N) is 2. The topological polar surface area (TPSA) is 147 Å². The van der Waals surface area contributed by atoms with E-state index in [-0.39, 0.29) is 56.1 Å². The average molecular weight is 558 g/mol. The first-order valence-electron chi connectivity index (χ1n) is 12.0. The number of carbonyl (C=O) groups is 2. The molecule has 1 aromatic carbocycles. The minimum atomic E-state index is -2.67. The first kappa shape index (κ1) is 29.2. The van der Waals surface area contributed by atoms with E-state index in [0.717, 1.165) is 0 Å². The van der Waals surface area contributed by atoms with Crippen molar-refractivity contribution in [2.45, 2.75) is 44.7 Å². The first-order valence-corrected chi connectivity index (χ1v) is 12.4. The van der Waals surface area contributed by atoms with Crippen molar-refractivity contribution in [1.29, 1.82) is 0 Å². The molecule has 15 heteroatoms. The maximum atomic E-state index is 13.8. The van der Waals surface area contributed by atoms with E-state index in [1.165, 1.54) is 40.3 Å². The number of hydrazine groups is 1. The van der Waals surface area contributed by atoms with E-state index in [0.29, 0.717) is 31.0 Å². The fraction of sp³-hybridized carbons (Fsp3) is 0.478. The summed E-state index contributed by atoms with van der Waals surface area (Å²) in [4.78, 5) is 26.0. The Hall–Kier alpha value is -3.36. The molecule has 1 aliphatic heterocycles. The van der Waals surface area contributed by atoms with Crippen LogP contribution in [0.25, 0.3) is 0 Å². The van der Waals surface area contributed by atoms with Gasteiger partial charge in [-0.15, -0.1) is 5.10 Å². The molecule has 2 amide bonds. The van der Waals surface area contributed by atoms with Crippen LogP contribution in [0, 0.1) is 5.82 Å². The highest BCUT2D eigenvalue weighted by Crippen LogP contribution is 2.27. The van der Waals surface area contributed by atoms with Crippen LogP contribution in [0.2, 0.25) is 5.02 Å². The molecule has 11 nitrogen and oxygen atoms in total. The highest BCUT2D eigenvalue weighted by atomic mass is 35.5. The van der Waals surface area contributed by atoms with E-state index in [2.05, 4.69) is 20.9 Å². The van der Waals surface area contributed by atoms with Gasteiger partial charge in [0, 0.05) is 56.2 Å². The predicted octanol–water partition coefficient (Wildman–Crippen LogP) is 1.56. The number of unbranched alkanes of at least 4 members (excludes halogenated alkanes) is 1. The molecule has 2 aromatic rings. The summed E-state index contributed by atoms with van der Waals surface area (Å²) < 4.78 is 41.7. The maximum absolute atomic E-state index is 13.8. The Bertz CT molecular complexity index is 1140. The number of rotatable bonds is 12. The molecular formula is C23H31ClF3N9O2. The first-order chi connectivity index (χ1) is 18.0. The van der Waals surface area contributed by atoms with Crippen molar-refractivity contribution in [1.82, 2.24) is 35.5 Å². The van der Waals surface area contributed by atoms with Crippen molar-refractivity contribution in [3.8, 4) is 0 Å². The molecule has 1 aliphatic rings. The van der Waals surface area contributed by atoms with Gasteiger partial charge < -0.3 is 21.4 Å². The molecule has 1 saturated heterocycles. The lowest BCUT2D eigenvalue weighted by atomic mass is 10.1. The number of piperidine rings is 1. The molecule has 0 bridgehead atoms. The second-order valence-electron chi connectivity index (χ2n) is 8.99. The smallest absolute Gasteiger partial charge is 0.273 e. The van der Waals surface area contributed by atoms with Crippen molar-refractivity contribution in [2.75, 3.05) is 26.2 Å². The Morgan fingerprint density at radius 2 is 1.97 bits per heavy atom. The summed E-state index contributed by atoms with van der Waals surface area (Å²) in [5.41, 5.74) is 6.16. The molecule has 0 unspecified atom stereocenters. The van der Waals surface area contributed by atoms with Gasteiger partial charge >= 0.3 is 0 Å². The number of hydrogen-bond donors (Lipinski definition) is 4. The van der Waals surface area contributed by atoms with Crippen molar-refractivity contribution in [3.05, 3.63) is 58.5 Å². The number of nitrogens with zero attached hydrogens (tertiary/aromatic N) is 5. The molecule has 2 heterocycles. The van der Waals surface area contributed by atoms with Crippen molar-refractivity contribution >= 4 is 23.4 Å². The van der Waals surface area contributed by atoms with Crippen LogP contribution in [0.3, 0.4) is 0 Å². The average Bonchev–Trinajstić information content (AvgIpc) is 3.32. The van der Waals surface area contributed by atoms with Crippen molar-refractivity contribution in [2.24, 2.45) is 11.6 Å². The zero-order chi connectivity index (χ0) is 27.7. The summed E-state index contributed by atoms with van der Waals surface area (Å²) in [7, 11) is 0. The zero-order valence-corrected chi connectivity index (χ0v) is 21.4. The molecular weight excluding hydrogens is 527 g/mol. The van der Waals surface area contributed by atoms with Gasteiger partial charge in [0.25, 0.3) is 11.8 Å². The number of carbonyl (C=O) groups excluding carboxylic acids is 2. The Balaban J connectivity index is 1.33. The molecule has 1 fully saturated rings. The van der Waals surface area contributed by atoms with Gasteiger partial charge in [-0.05, 0) is 31.0 Å². The summed E-state index contributed by atoms with van der Waals surface area (Å²) in [6.07, 6.45) is 3.63. The number of likely N-dealkylation sites (tertiary alicyclic amines) is 1. The summed E-state index contributed by atoms with van der Waals surface area (Å²) in [6.45, 7) is 1.12. The Kier molecular flexibility index (Phi) is 10.3. The van der Waals surface area contributed by atoms with Gasteiger partial charge in [-0.2, -0.15) is 0 Å². The van der Waals surface area contributed by atoms with Gasteiger partial charge in [0.15, 0.2) is 5.69 Å². The molecule has 38 heavy (non-hydrogen) atoms. The number of benzene rings is 1. The van der Waals surface area contributed by atoms with Crippen LogP contribution in [0.5, 0.6) is 0 Å². The molecule has 0 atom stereocenters. The van der Waals surface area contributed by atoms with Gasteiger partial charge in [-0.3, -0.25) is 19.2 Å². The Morgan fingerprint density at radius 3 is 2.71 bits per heavy atom. The van der Waals surface area contributed by atoms with E-state index in [1.807, 2.05) is 0 Å². The van der Waals surface area contributed by atoms with E-state index < -0.39 is 23.6 Å². The summed E-state index contributed by atoms with van der Waals surface area (Å²) >= 11 is 5.85. The third kappa shape index (κ3) is 9.50. The fourth-order valence-electron chi connectivity index (χ4n) is 3.74. The van der Waals surface area contributed by atoms with Crippen molar-refractivity contribution < 1.29 is 22.8 Å². The standard InChI is InChI=1S/C23H31ClF3N9O2/c24-17-3-4-18(25)16(11-17)12-30-22(38)19-13-36(33-32-19)8-2-1-7-35(29)14-20(28)31-21(37)15-34-9-5-23(26,27)6-10-34/h3-4,11,13-14H,1-2,5-10,12,15,28-29H2,(H,30,38)(H,31,37)/b20-14+. The molecule has 0 spiro atoms. The van der Waals surface area contributed by atoms with E-state index in [9.17, 15) is 22.8 Å². The van der Waals surface area contributed by atoms with E-state index in [1.54, 1.807) is 4.90 Å². The van der Waals surface area contributed by atoms with Crippen LogP contribution >= 0.6 is 11.6 Å². The third-order valence-corrected chi connectivity index (χ3v) is 6.05. The lowest BCUT2D eigenvalue weighted by molar-refractivity contribution is -0.123. The summed E-state index contributed by atoms with van der Waals surface area (Å²) in [5, 5.41) is 14.5. The second-order valence-corrected chi connectivity index (χ2v) is 9.43. The van der Waals surface area contributed by atoms with Gasteiger partial charge in [0.05, 0.1) is 18.9 Å². The highest BCUT2D eigenvalue weighted by Gasteiger charge is 2.34. The van der Waals surface area contributed by atoms with Crippen LogP contribution in [0.1, 0.15) is 41.7 Å². The highest BCUT2D eigenvalue weighted by molar-refractivity contribution is 6.30. The third-order valence-electron chi connectivity index (χ3n) is 5.82. The predicted molar refractivity (Wildman–Crippen MR) is 134 cm³/mol. The summed E-state index contributed by atoms with van der Waals surface area (Å²) in [6, 6.07) is 4.09. The molecule has 6 N–H and O–H groups in total. The van der Waals surface area contributed by atoms with E-state index in [4.69, 9.17) is 23.2 Å². The Labute approximate surface area is 222 Å². The zero-order valence-electron chi connectivity index (χ0n) is 20.7. The number of aromatic nitrogens is 3. The van der Waals surface area contributed by atoms with Crippen LogP contribution in [-0.4, -0.2) is 68.8 Å². The maximum Gasteiger partial charge on any atom is 0.273 e. The number of amides is 2. The number of nitrogens with one attached hydrogen (secondary N) is 2. The largest absolute Gasteiger partial charge is 0.384 e. The molecule has 3 rings (SSSR count). The van der Waals surface area contributed by atoms with Crippen LogP contribution in [0.15, 0.2) is 36.4 Å². The number of alkyl halides is 2. The Morgan fingerprint density at radius 1 is 1.24 bits per heavy atom. The van der Waals surface area contributed by atoms with Gasteiger partial charge in [0.2, 0.25) is 5.91 Å². The van der Waals surface area contributed by atoms with Crippen LogP contribution in [0.4, 0.5) is 13.2 Å². The van der Waals surface area contributed by atoms with Crippen LogP contribution < -0.4 is 22.2 Å². The minimum absolute atomic E-state index is 0.0232. The molecule has 0 saturated carbocycles. The second kappa shape index (κ2) is 13.4. The van der Waals surface area contributed by atoms with Gasteiger partial charge in [-0.25, -0.2) is 19.0 Å². The number of halogens is 4. The SMILES string of the molecule is N/C(=C\N(N)CCCCn1cc(C(=O)NCc2cc(Cl)ccc2F)nn1)NC(=O)CN1CCC(F)(F)CC1. The molecule has 208 valence electrons. The quantitative estimate of drug-likeness (QED) is 0.175. The van der Waals surface area contributed by atoms with Gasteiger partial charge in [0.1, 0.15) is 11.6 Å². The molecule has 0 radical (unpaired) electrons. The molecule has 1 aromatic heterocycles. The number of hydrogen-bond acceptors (Lipinski definition) is 8. The fourth-order valence-corrected chi connectivity index (χ4v) is 3.94. The normalized spacial score (nSPS) is 15.8. The lowest BCUT2D eigenvalue weighted by Crippen LogP contribution is -2.45. The monoisotopic (exact) mass is 557 g/mol.